The molecule has 1 aliphatic rings. The highest BCUT2D eigenvalue weighted by Gasteiger charge is 2.29. The zero-order chi connectivity index (χ0) is 19.0. The molecule has 10 heteroatoms. The molecule has 0 atom stereocenters. The summed E-state index contributed by atoms with van der Waals surface area (Å²) in [5.74, 6) is 1.49. The van der Waals surface area contributed by atoms with Gasteiger partial charge in [-0.2, -0.15) is 9.40 Å². The van der Waals surface area contributed by atoms with Crippen LogP contribution in [0.4, 0.5) is 5.82 Å². The van der Waals surface area contributed by atoms with Crippen LogP contribution in [0.5, 0.6) is 0 Å². The Morgan fingerprint density at radius 2 is 1.78 bits per heavy atom. The topological polar surface area (TPSA) is 84.2 Å². The molecule has 3 aromatic rings. The second-order valence-corrected chi connectivity index (χ2v) is 9.51. The fourth-order valence-electron chi connectivity index (χ4n) is 3.18. The van der Waals surface area contributed by atoms with E-state index in [-0.39, 0.29) is 0 Å². The van der Waals surface area contributed by atoms with E-state index in [0.29, 0.717) is 36.2 Å². The average Bonchev–Trinajstić information content (AvgIpc) is 3.32. The van der Waals surface area contributed by atoms with Crippen LogP contribution in [0.2, 0.25) is 0 Å². The van der Waals surface area contributed by atoms with Gasteiger partial charge in [0.15, 0.2) is 5.82 Å². The molecule has 4 heterocycles. The minimum atomic E-state index is -3.40. The number of aromatic nitrogens is 4. The van der Waals surface area contributed by atoms with Gasteiger partial charge >= 0.3 is 0 Å². The Morgan fingerprint density at radius 1 is 1.04 bits per heavy atom. The summed E-state index contributed by atoms with van der Waals surface area (Å²) >= 11 is 1.25. The minimum Gasteiger partial charge on any atom is -0.354 e. The van der Waals surface area contributed by atoms with Crippen molar-refractivity contribution in [1.29, 1.82) is 0 Å². The molecule has 0 aliphatic carbocycles. The highest BCUT2D eigenvalue weighted by Crippen LogP contribution is 2.23. The number of nitrogens with zero attached hydrogens (tertiary/aromatic N) is 6. The Balaban J connectivity index is 1.50. The molecule has 0 N–H and O–H groups in total. The maximum atomic E-state index is 12.7. The molecular formula is C17H20N6O2S2. The van der Waals surface area contributed by atoms with Crippen LogP contribution in [0.25, 0.3) is 5.82 Å². The van der Waals surface area contributed by atoms with Crippen LogP contribution >= 0.6 is 11.3 Å². The van der Waals surface area contributed by atoms with Crippen molar-refractivity contribution in [3.05, 3.63) is 47.4 Å². The van der Waals surface area contributed by atoms with Crippen molar-refractivity contribution < 1.29 is 8.42 Å². The number of sulfonamides is 1. The third-order valence-electron chi connectivity index (χ3n) is 4.52. The van der Waals surface area contributed by atoms with E-state index in [0.717, 1.165) is 17.2 Å². The molecule has 8 nitrogen and oxygen atoms in total. The van der Waals surface area contributed by atoms with Gasteiger partial charge in [-0.1, -0.05) is 6.07 Å². The lowest BCUT2D eigenvalue weighted by atomic mass is 10.3. The Bertz CT molecular complexity index is 1040. The maximum absolute atomic E-state index is 12.7. The predicted molar refractivity (Wildman–Crippen MR) is 104 cm³/mol. The summed E-state index contributed by atoms with van der Waals surface area (Å²) in [6.07, 6.45) is 1.52. The molecule has 0 bridgehead atoms. The predicted octanol–water partition coefficient (Wildman–Crippen LogP) is 1.85. The van der Waals surface area contributed by atoms with Crippen molar-refractivity contribution in [2.45, 2.75) is 18.1 Å². The fourth-order valence-corrected chi connectivity index (χ4v) is 5.75. The standard InChI is InChI=1S/C17H20N6O2S2/c1-13-10-14(2)23(20-13)16-11-15(18-12-19-16)21-5-7-22(8-6-21)27(24,25)17-4-3-9-26-17/h3-4,9-12H,5-8H2,1-2H3. The number of rotatable bonds is 4. The van der Waals surface area contributed by atoms with Crippen molar-refractivity contribution in [3.8, 4) is 5.82 Å². The molecule has 0 radical (unpaired) electrons. The molecule has 1 saturated heterocycles. The summed E-state index contributed by atoms with van der Waals surface area (Å²) in [4.78, 5) is 10.8. The largest absolute Gasteiger partial charge is 0.354 e. The van der Waals surface area contributed by atoms with Gasteiger partial charge in [0.25, 0.3) is 10.0 Å². The Morgan fingerprint density at radius 3 is 2.41 bits per heavy atom. The minimum absolute atomic E-state index is 0.393. The van der Waals surface area contributed by atoms with Gasteiger partial charge in [0.05, 0.1) is 5.69 Å². The van der Waals surface area contributed by atoms with Crippen LogP contribution in [-0.4, -0.2) is 58.7 Å². The normalized spacial score (nSPS) is 16.0. The lowest BCUT2D eigenvalue weighted by Gasteiger charge is -2.34. The molecule has 1 fully saturated rings. The van der Waals surface area contributed by atoms with Gasteiger partial charge in [0.1, 0.15) is 16.4 Å². The molecule has 142 valence electrons. The first-order chi connectivity index (χ1) is 12.9. The Hall–Kier alpha value is -2.30. The number of hydrogen-bond donors (Lipinski definition) is 0. The van der Waals surface area contributed by atoms with Gasteiger partial charge in [0.2, 0.25) is 0 Å². The lowest BCUT2D eigenvalue weighted by Crippen LogP contribution is -2.48. The van der Waals surface area contributed by atoms with Crippen LogP contribution in [0.3, 0.4) is 0 Å². The second-order valence-electron chi connectivity index (χ2n) is 6.40. The summed E-state index contributed by atoms with van der Waals surface area (Å²) < 4.78 is 29.0. The van der Waals surface area contributed by atoms with Crippen LogP contribution in [0.15, 0.2) is 40.2 Å². The zero-order valence-electron chi connectivity index (χ0n) is 15.1. The Labute approximate surface area is 162 Å². The molecule has 0 spiro atoms. The van der Waals surface area contributed by atoms with Gasteiger partial charge < -0.3 is 4.90 Å². The van der Waals surface area contributed by atoms with Crippen LogP contribution in [-0.2, 0) is 10.0 Å². The van der Waals surface area contributed by atoms with Gasteiger partial charge in [-0.15, -0.1) is 11.3 Å². The first-order valence-electron chi connectivity index (χ1n) is 8.59. The van der Waals surface area contributed by atoms with Crippen LogP contribution in [0.1, 0.15) is 11.4 Å². The average molecular weight is 405 g/mol. The molecule has 4 rings (SSSR count). The van der Waals surface area contributed by atoms with Crippen LogP contribution < -0.4 is 4.90 Å². The van der Waals surface area contributed by atoms with Gasteiger partial charge in [0, 0.05) is 37.9 Å². The highest BCUT2D eigenvalue weighted by molar-refractivity contribution is 7.91. The van der Waals surface area contributed by atoms with Crippen LogP contribution in [0, 0.1) is 13.8 Å². The fraction of sp³-hybridized carbons (Fsp3) is 0.353. The van der Waals surface area contributed by atoms with Crippen molar-refractivity contribution in [1.82, 2.24) is 24.1 Å². The SMILES string of the molecule is Cc1cc(C)n(-c2cc(N3CCN(S(=O)(=O)c4cccs4)CC3)ncn2)n1. The Kier molecular flexibility index (Phi) is 4.70. The monoisotopic (exact) mass is 404 g/mol. The van der Waals surface area contributed by atoms with Crippen molar-refractivity contribution in [2.24, 2.45) is 0 Å². The summed E-state index contributed by atoms with van der Waals surface area (Å²) in [7, 11) is -3.40. The van der Waals surface area contributed by atoms with E-state index >= 15 is 0 Å². The van der Waals surface area contributed by atoms with Crippen molar-refractivity contribution in [3.63, 3.8) is 0 Å². The number of thiophene rings is 1. The summed E-state index contributed by atoms with van der Waals surface area (Å²) in [5.41, 5.74) is 1.93. The molecule has 3 aromatic heterocycles. The number of hydrogen-bond acceptors (Lipinski definition) is 7. The molecular weight excluding hydrogens is 384 g/mol. The summed E-state index contributed by atoms with van der Waals surface area (Å²) in [5, 5.41) is 6.24. The third-order valence-corrected chi connectivity index (χ3v) is 7.79. The first-order valence-corrected chi connectivity index (χ1v) is 10.9. The molecule has 1 aliphatic heterocycles. The highest BCUT2D eigenvalue weighted by atomic mass is 32.2. The molecule has 0 amide bonds. The third kappa shape index (κ3) is 3.47. The lowest BCUT2D eigenvalue weighted by molar-refractivity contribution is 0.384. The molecule has 0 saturated carbocycles. The van der Waals surface area contributed by atoms with Crippen molar-refractivity contribution >= 4 is 27.2 Å². The van der Waals surface area contributed by atoms with Gasteiger partial charge in [-0.25, -0.2) is 23.1 Å². The molecule has 0 unspecified atom stereocenters. The number of anilines is 1. The van der Waals surface area contributed by atoms with E-state index in [9.17, 15) is 8.42 Å². The van der Waals surface area contributed by atoms with Gasteiger partial charge in [-0.05, 0) is 31.4 Å². The van der Waals surface area contributed by atoms with Gasteiger partial charge in [-0.3, -0.25) is 0 Å². The molecule has 27 heavy (non-hydrogen) atoms. The number of aryl methyl sites for hydroxylation is 2. The van der Waals surface area contributed by atoms with E-state index in [2.05, 4.69) is 20.0 Å². The first kappa shape index (κ1) is 18.1. The van der Waals surface area contributed by atoms with Crippen molar-refractivity contribution in [2.75, 3.05) is 31.1 Å². The van der Waals surface area contributed by atoms with E-state index in [1.165, 1.54) is 17.7 Å². The molecule has 0 aromatic carbocycles. The van der Waals surface area contributed by atoms with E-state index < -0.39 is 10.0 Å². The quantitative estimate of drug-likeness (QED) is 0.660. The second kappa shape index (κ2) is 7.02. The summed E-state index contributed by atoms with van der Waals surface area (Å²) in [6, 6.07) is 7.30. The zero-order valence-corrected chi connectivity index (χ0v) is 16.7. The summed E-state index contributed by atoms with van der Waals surface area (Å²) in [6.45, 7) is 5.95. The van der Waals surface area contributed by atoms with E-state index in [1.54, 1.807) is 26.5 Å². The van der Waals surface area contributed by atoms with E-state index in [4.69, 9.17) is 0 Å². The smallest absolute Gasteiger partial charge is 0.252 e. The maximum Gasteiger partial charge on any atom is 0.252 e. The van der Waals surface area contributed by atoms with E-state index in [1.807, 2.05) is 26.0 Å². The number of piperazine rings is 1.